The van der Waals surface area contributed by atoms with E-state index in [2.05, 4.69) is 60.7 Å². The van der Waals surface area contributed by atoms with Crippen molar-refractivity contribution < 1.29 is 4.79 Å². The molecule has 0 aliphatic heterocycles. The Morgan fingerprint density at radius 2 is 2.07 bits per heavy atom. The van der Waals surface area contributed by atoms with Crippen molar-refractivity contribution in [2.24, 2.45) is 0 Å². The molecule has 0 spiro atoms. The van der Waals surface area contributed by atoms with E-state index in [4.69, 9.17) is 0 Å². The molecule has 1 aliphatic carbocycles. The molecule has 2 aromatic rings. The number of carbonyl (C=O) groups is 1. The molecule has 1 amide bonds. The largest absolute Gasteiger partial charge is 0.303 e. The summed E-state index contributed by atoms with van der Waals surface area (Å²) in [5.41, 5.74) is 2.88. The van der Waals surface area contributed by atoms with E-state index in [1.807, 2.05) is 6.20 Å². The van der Waals surface area contributed by atoms with Gasteiger partial charge in [0.15, 0.2) is 5.13 Å². The average molecular weight is 386 g/mol. The van der Waals surface area contributed by atoms with Gasteiger partial charge in [-0.3, -0.25) is 4.79 Å². The monoisotopic (exact) mass is 385 g/mol. The Morgan fingerprint density at radius 1 is 1.30 bits per heavy atom. The number of hydrogen-bond donors (Lipinski definition) is 2. The molecule has 1 aromatic heterocycles. The number of benzene rings is 1. The molecule has 2 N–H and O–H groups in total. The van der Waals surface area contributed by atoms with Gasteiger partial charge >= 0.3 is 0 Å². The van der Waals surface area contributed by atoms with Crippen LogP contribution < -0.4 is 10.6 Å². The number of aromatic nitrogens is 1. The maximum absolute atomic E-state index is 12.9. The molecule has 0 saturated carbocycles. The minimum atomic E-state index is -0.170. The van der Waals surface area contributed by atoms with E-state index in [9.17, 15) is 4.79 Å². The van der Waals surface area contributed by atoms with E-state index in [-0.39, 0.29) is 11.9 Å². The lowest BCUT2D eigenvalue weighted by Gasteiger charge is -2.24. The van der Waals surface area contributed by atoms with Gasteiger partial charge in [0.2, 0.25) is 5.91 Å². The van der Waals surface area contributed by atoms with E-state index >= 15 is 0 Å². The Balaban J connectivity index is 1.65. The lowest BCUT2D eigenvalue weighted by Crippen LogP contribution is -2.46. The van der Waals surface area contributed by atoms with Crippen molar-refractivity contribution in [1.82, 2.24) is 10.3 Å². The maximum Gasteiger partial charge on any atom is 0.243 e. The highest BCUT2D eigenvalue weighted by Crippen LogP contribution is 2.26. The molecule has 5 heteroatoms. The van der Waals surface area contributed by atoms with Crippen LogP contribution in [-0.4, -0.2) is 23.0 Å². The van der Waals surface area contributed by atoms with Crippen molar-refractivity contribution in [3.63, 3.8) is 0 Å². The first-order chi connectivity index (χ1) is 13.1. The third kappa shape index (κ3) is 5.39. The van der Waals surface area contributed by atoms with Crippen molar-refractivity contribution in [3.8, 4) is 0 Å². The highest BCUT2D eigenvalue weighted by atomic mass is 32.1. The summed E-state index contributed by atoms with van der Waals surface area (Å²) < 4.78 is 0. The summed E-state index contributed by atoms with van der Waals surface area (Å²) in [4.78, 5) is 18.4. The molecule has 0 saturated heterocycles. The molecule has 27 heavy (non-hydrogen) atoms. The van der Waals surface area contributed by atoms with Crippen molar-refractivity contribution in [1.29, 1.82) is 0 Å². The predicted molar refractivity (Wildman–Crippen MR) is 114 cm³/mol. The maximum atomic E-state index is 12.9. The summed E-state index contributed by atoms with van der Waals surface area (Å²) in [7, 11) is 0. The fourth-order valence-electron chi connectivity index (χ4n) is 3.72. The molecule has 0 fully saturated rings. The number of hydrogen-bond acceptors (Lipinski definition) is 4. The lowest BCUT2D eigenvalue weighted by atomic mass is 10.0. The molecular formula is C22H31N3OS. The second-order valence-electron chi connectivity index (χ2n) is 7.78. The van der Waals surface area contributed by atoms with Crippen LogP contribution in [0.1, 0.15) is 68.4 Å². The van der Waals surface area contributed by atoms with Gasteiger partial charge < -0.3 is 10.6 Å². The fraction of sp³-hybridized carbons (Fsp3) is 0.545. The van der Waals surface area contributed by atoms with E-state index in [1.165, 1.54) is 22.4 Å². The predicted octanol–water partition coefficient (Wildman–Crippen LogP) is 4.91. The van der Waals surface area contributed by atoms with Crippen molar-refractivity contribution >= 4 is 22.4 Å². The molecule has 1 aliphatic rings. The first kappa shape index (κ1) is 20.0. The standard InChI is InChI=1S/C22H31N3OS/c1-4-8-19(21(26)25-22-23-14-20(27-22)15(2)3)24-18-12-7-11-16-9-5-6-10-17(16)13-18/h5-6,9-10,14-15,18-19,24H,4,7-8,11-13H2,1-3H3,(H,23,25,26)/t18?,19-/m0/s1. The number of amides is 1. The Labute approximate surface area is 166 Å². The minimum absolute atomic E-state index is 0.0408. The zero-order valence-electron chi connectivity index (χ0n) is 16.6. The molecule has 4 nitrogen and oxygen atoms in total. The first-order valence-corrected chi connectivity index (χ1v) is 11.0. The summed E-state index contributed by atoms with van der Waals surface area (Å²) in [6, 6.07) is 8.89. The minimum Gasteiger partial charge on any atom is -0.303 e. The molecule has 1 aromatic carbocycles. The number of nitrogens with one attached hydrogen (secondary N) is 2. The fourth-order valence-corrected chi connectivity index (χ4v) is 4.54. The Bertz CT molecular complexity index is 756. The normalized spacial score (nSPS) is 18.0. The molecule has 1 unspecified atom stereocenters. The number of rotatable bonds is 7. The van der Waals surface area contributed by atoms with Gasteiger partial charge in [0, 0.05) is 17.1 Å². The molecular weight excluding hydrogens is 354 g/mol. The number of fused-ring (bicyclic) bond motifs is 1. The van der Waals surface area contributed by atoms with Gasteiger partial charge in [0.25, 0.3) is 0 Å². The summed E-state index contributed by atoms with van der Waals surface area (Å²) in [5.74, 6) is 0.475. The van der Waals surface area contributed by atoms with Crippen molar-refractivity contribution in [3.05, 3.63) is 46.5 Å². The SMILES string of the molecule is CCC[C@H](NC1CCCc2ccccc2C1)C(=O)Nc1ncc(C(C)C)s1. The smallest absolute Gasteiger partial charge is 0.243 e. The molecule has 3 rings (SSSR count). The molecule has 0 radical (unpaired) electrons. The van der Waals surface area contributed by atoms with Gasteiger partial charge in [0.05, 0.1) is 6.04 Å². The van der Waals surface area contributed by atoms with Gasteiger partial charge in [0.1, 0.15) is 0 Å². The molecule has 2 atom stereocenters. The second kappa shape index (κ2) is 9.47. The topological polar surface area (TPSA) is 54.0 Å². The first-order valence-electron chi connectivity index (χ1n) is 10.2. The van der Waals surface area contributed by atoms with Gasteiger partial charge in [-0.15, -0.1) is 11.3 Å². The summed E-state index contributed by atoms with van der Waals surface area (Å²) in [6.45, 7) is 6.42. The van der Waals surface area contributed by atoms with Gasteiger partial charge in [-0.2, -0.15) is 0 Å². The Morgan fingerprint density at radius 3 is 2.78 bits per heavy atom. The van der Waals surface area contributed by atoms with E-state index in [0.717, 1.165) is 32.1 Å². The molecule has 0 bridgehead atoms. The van der Waals surface area contributed by atoms with Gasteiger partial charge in [-0.05, 0) is 49.1 Å². The van der Waals surface area contributed by atoms with Crippen molar-refractivity contribution in [2.75, 3.05) is 5.32 Å². The van der Waals surface area contributed by atoms with Gasteiger partial charge in [-0.25, -0.2) is 4.98 Å². The van der Waals surface area contributed by atoms with Gasteiger partial charge in [-0.1, -0.05) is 51.5 Å². The van der Waals surface area contributed by atoms with Crippen molar-refractivity contribution in [2.45, 2.75) is 77.3 Å². The van der Waals surface area contributed by atoms with E-state index in [1.54, 1.807) is 11.3 Å². The number of carbonyl (C=O) groups excluding carboxylic acids is 1. The summed E-state index contributed by atoms with van der Waals surface area (Å²) in [6.07, 6.45) is 8.09. The zero-order chi connectivity index (χ0) is 19.2. The third-order valence-electron chi connectivity index (χ3n) is 5.24. The quantitative estimate of drug-likeness (QED) is 0.666. The van der Waals surface area contributed by atoms with Crippen LogP contribution in [0.4, 0.5) is 5.13 Å². The van der Waals surface area contributed by atoms with Crippen LogP contribution >= 0.6 is 11.3 Å². The zero-order valence-corrected chi connectivity index (χ0v) is 17.4. The van der Waals surface area contributed by atoms with Crippen LogP contribution in [0.5, 0.6) is 0 Å². The average Bonchev–Trinajstić information content (AvgIpc) is 3.01. The Hall–Kier alpha value is -1.72. The van der Waals surface area contributed by atoms with Crippen LogP contribution in [0, 0.1) is 0 Å². The second-order valence-corrected chi connectivity index (χ2v) is 8.84. The van der Waals surface area contributed by atoms with Crippen LogP contribution in [0.3, 0.4) is 0 Å². The molecule has 1 heterocycles. The molecule has 146 valence electrons. The Kier molecular flexibility index (Phi) is 7.02. The van der Waals surface area contributed by atoms with E-state index in [0.29, 0.717) is 17.1 Å². The third-order valence-corrected chi connectivity index (χ3v) is 6.45. The van der Waals surface area contributed by atoms with Crippen LogP contribution in [0.2, 0.25) is 0 Å². The summed E-state index contributed by atoms with van der Waals surface area (Å²) >= 11 is 1.57. The highest BCUT2D eigenvalue weighted by molar-refractivity contribution is 7.15. The number of thiazole rings is 1. The van der Waals surface area contributed by atoms with Crippen LogP contribution in [-0.2, 0) is 17.6 Å². The lowest BCUT2D eigenvalue weighted by molar-refractivity contribution is -0.118. The van der Waals surface area contributed by atoms with E-state index < -0.39 is 0 Å². The summed E-state index contributed by atoms with van der Waals surface area (Å²) in [5, 5.41) is 7.39. The highest BCUT2D eigenvalue weighted by Gasteiger charge is 2.24. The van der Waals surface area contributed by atoms with Crippen LogP contribution in [0.25, 0.3) is 0 Å². The number of aryl methyl sites for hydroxylation is 1. The van der Waals surface area contributed by atoms with Crippen LogP contribution in [0.15, 0.2) is 30.5 Å². The number of anilines is 1. The number of nitrogens with zero attached hydrogens (tertiary/aromatic N) is 1.